The maximum atomic E-state index is 15.7. The minimum atomic E-state index is -4.62. The van der Waals surface area contributed by atoms with E-state index in [4.69, 9.17) is 47.4 Å². The highest BCUT2D eigenvalue weighted by molar-refractivity contribution is 7.89. The topological polar surface area (TPSA) is 173 Å². The fraction of sp³-hybridized carbons (Fsp3) is 0.323. The van der Waals surface area contributed by atoms with Crippen LogP contribution in [0.2, 0.25) is 0 Å². The van der Waals surface area contributed by atoms with Gasteiger partial charge in [-0.1, -0.05) is 182 Å². The molecule has 2 fully saturated rings. The Hall–Kier alpha value is -6.55. The van der Waals surface area contributed by atoms with Crippen LogP contribution in [0.5, 0.6) is 0 Å². The summed E-state index contributed by atoms with van der Waals surface area (Å²) >= 11 is 0. The molecule has 7 aromatic rings. The second-order valence-corrected chi connectivity index (χ2v) is 21.1. The summed E-state index contributed by atoms with van der Waals surface area (Å²) in [5.41, 5.74) is 4.96. The molecule has 0 aliphatic carbocycles. The highest BCUT2D eigenvalue weighted by atomic mass is 32.2. The van der Waals surface area contributed by atoms with E-state index in [-0.39, 0.29) is 63.3 Å². The largest absolute Gasteiger partial charge is 0.368 e. The lowest BCUT2D eigenvalue weighted by molar-refractivity contribution is -0.384. The summed E-state index contributed by atoms with van der Waals surface area (Å²) < 4.78 is 99.6. The van der Waals surface area contributed by atoms with Crippen molar-refractivity contribution in [3.8, 4) is 0 Å². The molecule has 2 aliphatic rings. The number of nitro groups is 1. The van der Waals surface area contributed by atoms with Gasteiger partial charge in [-0.3, -0.25) is 10.1 Å². The lowest BCUT2D eigenvalue weighted by Crippen LogP contribution is -2.65. The second-order valence-electron chi connectivity index (χ2n) is 19.2. The maximum Gasteiger partial charge on any atom is 0.269 e. The van der Waals surface area contributed by atoms with Gasteiger partial charge in [-0.25, -0.2) is 8.42 Å². The Morgan fingerprint density at radius 3 is 0.937 bits per heavy atom. The summed E-state index contributed by atoms with van der Waals surface area (Å²) in [7, 11) is -1.64. The smallest absolute Gasteiger partial charge is 0.269 e. The van der Waals surface area contributed by atoms with Crippen LogP contribution in [0.4, 0.5) is 5.69 Å². The van der Waals surface area contributed by atoms with Crippen molar-refractivity contribution in [2.24, 2.45) is 0 Å². The van der Waals surface area contributed by atoms with Crippen LogP contribution in [0.3, 0.4) is 0 Å². The molecule has 0 unspecified atom stereocenters. The summed E-state index contributed by atoms with van der Waals surface area (Å²) in [6.07, 6.45) is -10.0. The second kappa shape index (κ2) is 28.5. The first kappa shape index (κ1) is 57.1. The van der Waals surface area contributed by atoms with E-state index in [0.717, 1.165) is 45.5 Å². The molecular formula is C62H66N2O14S. The number of rotatable bonds is 27. The number of ether oxygens (including phenoxy) is 10. The molecule has 17 heteroatoms. The van der Waals surface area contributed by atoms with Crippen molar-refractivity contribution in [3.05, 3.63) is 250 Å². The number of benzene rings is 7. The number of nitrogens with zero attached hydrogens (tertiary/aromatic N) is 2. The van der Waals surface area contributed by atoms with Crippen molar-refractivity contribution < 1.29 is 60.7 Å². The summed E-state index contributed by atoms with van der Waals surface area (Å²) in [5.74, 6) is 0. The molecule has 0 aromatic heterocycles. The Labute approximate surface area is 461 Å². The zero-order valence-corrected chi connectivity index (χ0v) is 44.9. The van der Waals surface area contributed by atoms with Crippen molar-refractivity contribution in [3.63, 3.8) is 0 Å². The fourth-order valence-electron chi connectivity index (χ4n) is 9.73. The number of methoxy groups -OCH3 is 2. The van der Waals surface area contributed by atoms with E-state index in [2.05, 4.69) is 0 Å². The highest BCUT2D eigenvalue weighted by Gasteiger charge is 2.53. The molecule has 0 saturated carbocycles. The first-order valence-electron chi connectivity index (χ1n) is 26.2. The van der Waals surface area contributed by atoms with Crippen LogP contribution in [0, 0.1) is 10.1 Å². The Morgan fingerprint density at radius 1 is 0.405 bits per heavy atom. The Morgan fingerprint density at radius 2 is 0.671 bits per heavy atom. The zero-order valence-electron chi connectivity index (χ0n) is 44.1. The molecule has 0 bridgehead atoms. The van der Waals surface area contributed by atoms with Crippen LogP contribution in [-0.2, 0) is 97.0 Å². The monoisotopic (exact) mass is 1090 g/mol. The molecule has 2 saturated heterocycles. The molecule has 7 aromatic carbocycles. The average Bonchev–Trinajstić information content (AvgIpc) is 3.49. The molecule has 2 heterocycles. The van der Waals surface area contributed by atoms with E-state index in [9.17, 15) is 10.1 Å². The third-order valence-electron chi connectivity index (χ3n) is 13.8. The minimum absolute atomic E-state index is 0.0934. The first-order chi connectivity index (χ1) is 38.7. The normalized spacial score (nSPS) is 23.3. The van der Waals surface area contributed by atoms with Gasteiger partial charge in [-0.2, -0.15) is 4.31 Å². The maximum absolute atomic E-state index is 15.7. The molecule has 0 N–H and O–H groups in total. The van der Waals surface area contributed by atoms with Gasteiger partial charge >= 0.3 is 0 Å². The van der Waals surface area contributed by atoms with Gasteiger partial charge < -0.3 is 47.4 Å². The summed E-state index contributed by atoms with van der Waals surface area (Å²) in [6, 6.07) is 62.6. The van der Waals surface area contributed by atoms with E-state index in [1.54, 1.807) is 0 Å². The van der Waals surface area contributed by atoms with E-state index in [1.807, 2.05) is 182 Å². The number of nitro benzene ring substituents is 1. The molecule has 0 amide bonds. The predicted molar refractivity (Wildman–Crippen MR) is 293 cm³/mol. The Balaban J connectivity index is 1.13. The zero-order chi connectivity index (χ0) is 54.8. The molecule has 0 radical (unpaired) electrons. The van der Waals surface area contributed by atoms with Crippen LogP contribution >= 0.6 is 0 Å². The number of sulfonamides is 1. The van der Waals surface area contributed by atoms with Gasteiger partial charge in [0.1, 0.15) is 48.8 Å². The molecule has 79 heavy (non-hydrogen) atoms. The quantitative estimate of drug-likeness (QED) is 0.0352. The van der Waals surface area contributed by atoms with Crippen molar-refractivity contribution >= 4 is 15.7 Å². The van der Waals surface area contributed by atoms with E-state index in [1.165, 1.54) is 30.7 Å². The molecule has 9 rings (SSSR count). The van der Waals surface area contributed by atoms with Gasteiger partial charge in [-0.15, -0.1) is 0 Å². The van der Waals surface area contributed by atoms with E-state index in [0.29, 0.717) is 0 Å². The third-order valence-corrected chi connectivity index (χ3v) is 15.7. The van der Waals surface area contributed by atoms with Crippen LogP contribution < -0.4 is 0 Å². The Kier molecular flexibility index (Phi) is 20.7. The van der Waals surface area contributed by atoms with Gasteiger partial charge in [0.05, 0.1) is 49.5 Å². The van der Waals surface area contributed by atoms with E-state index < -0.39 is 76.4 Å². The van der Waals surface area contributed by atoms with Crippen molar-refractivity contribution in [1.29, 1.82) is 0 Å². The molecular weight excluding hydrogens is 1030 g/mol. The van der Waals surface area contributed by atoms with Crippen LogP contribution in [-0.4, -0.2) is 106 Å². The number of hydrogen-bond acceptors (Lipinski definition) is 14. The average molecular weight is 1100 g/mol. The summed E-state index contributed by atoms with van der Waals surface area (Å²) in [5, 5.41) is 11.9. The SMILES string of the molecule is CO[C@H]1O[C@H](CN(C[C@H]2O[C@H](OC)[C@H](OCc3ccccc3)[C@@H](OCc3ccccc3)[C@@H]2OCc2ccccc2)S(=O)(=O)c2ccc([N+](=O)[O-])cc2)[C@@H](OCc2ccccc2)[C@H](OCc2ccccc2)[C@H]1OCc1ccccc1. The lowest BCUT2D eigenvalue weighted by atomic mass is 9.96. The first-order valence-corrected chi connectivity index (χ1v) is 27.6. The van der Waals surface area contributed by atoms with Crippen LogP contribution in [0.25, 0.3) is 0 Å². The standard InChI is InChI=1S/C62H66N2O14S/c1-69-61-59(75-43-49-29-17-7-18-30-49)57(73-41-47-25-13-5-14-26-47)55(71-39-45-21-9-3-10-22-45)53(77-61)37-63(79(67,68)52-35-33-51(34-36-52)64(65)66)38-54-56(72-40-46-23-11-4-12-24-46)58(74-42-48-27-15-6-16-28-48)60(62(70-2)78-54)76-44-50-31-19-8-20-32-50/h3-36,53-62H,37-44H2,1-2H3/t53-,54-,55-,56-,57+,58+,59-,60-,61+,62+/m1/s1. The minimum Gasteiger partial charge on any atom is -0.368 e. The van der Waals surface area contributed by atoms with Crippen molar-refractivity contribution in [2.45, 2.75) is 106 Å². The highest BCUT2D eigenvalue weighted by Crippen LogP contribution is 2.36. The molecule has 2 aliphatic heterocycles. The molecule has 0 spiro atoms. The van der Waals surface area contributed by atoms with Crippen LogP contribution in [0.15, 0.2) is 211 Å². The fourth-order valence-corrected chi connectivity index (χ4v) is 11.2. The van der Waals surface area contributed by atoms with E-state index >= 15 is 8.42 Å². The predicted octanol–water partition coefficient (Wildman–Crippen LogP) is 9.84. The molecule has 414 valence electrons. The van der Waals surface area contributed by atoms with Crippen LogP contribution in [0.1, 0.15) is 33.4 Å². The summed E-state index contributed by atoms with van der Waals surface area (Å²) in [4.78, 5) is 11.1. The third kappa shape index (κ3) is 15.4. The Bertz CT molecular complexity index is 2850. The van der Waals surface area contributed by atoms with Gasteiger partial charge in [0.25, 0.3) is 5.69 Å². The lowest BCUT2D eigenvalue weighted by Gasteiger charge is -2.48. The molecule has 16 nitrogen and oxygen atoms in total. The van der Waals surface area contributed by atoms with Crippen molar-refractivity contribution in [1.82, 2.24) is 4.31 Å². The summed E-state index contributed by atoms with van der Waals surface area (Å²) in [6.45, 7) is 0.0646. The van der Waals surface area contributed by atoms with Gasteiger partial charge in [-0.05, 0) is 45.5 Å². The number of non-ortho nitro benzene ring substituents is 1. The van der Waals surface area contributed by atoms with Crippen molar-refractivity contribution in [2.75, 3.05) is 27.3 Å². The van der Waals surface area contributed by atoms with Gasteiger partial charge in [0, 0.05) is 39.4 Å². The number of hydrogen-bond donors (Lipinski definition) is 0. The van der Waals surface area contributed by atoms with Gasteiger partial charge in [0.15, 0.2) is 12.6 Å². The van der Waals surface area contributed by atoms with Gasteiger partial charge in [0.2, 0.25) is 10.0 Å². The molecule has 10 atom stereocenters.